The molecule has 0 aliphatic carbocycles. The van der Waals surface area contributed by atoms with E-state index in [1.165, 1.54) is 4.31 Å². The fourth-order valence-corrected chi connectivity index (χ4v) is 5.78. The molecule has 0 bridgehead atoms. The first-order valence-electron chi connectivity index (χ1n) is 8.56. The van der Waals surface area contributed by atoms with E-state index in [1.54, 1.807) is 13.8 Å². The number of nitrogens with zero attached hydrogens (tertiary/aromatic N) is 3. The van der Waals surface area contributed by atoms with Crippen molar-refractivity contribution in [3.8, 4) is 0 Å². The topological polar surface area (TPSA) is 99.7 Å². The molecule has 1 fully saturated rings. The number of hydrogen-bond donors (Lipinski definition) is 3. The molecule has 1 aliphatic rings. The fourth-order valence-electron chi connectivity index (χ4n) is 3.16. The molecule has 2 aromatic heterocycles. The van der Waals surface area contributed by atoms with Gasteiger partial charge in [0.2, 0.25) is 0 Å². The Balaban J connectivity index is 2.14. The summed E-state index contributed by atoms with van der Waals surface area (Å²) in [5.41, 5.74) is -0.781. The minimum absolute atomic E-state index is 0.0425. The first-order valence-corrected chi connectivity index (χ1v) is 10.9. The maximum absolute atomic E-state index is 12.7. The Bertz CT molecular complexity index is 1010. The Morgan fingerprint density at radius 2 is 1.93 bits per heavy atom. The average molecular weight is 442 g/mol. The molecule has 8 nitrogen and oxygen atoms in total. The van der Waals surface area contributed by atoms with Crippen LogP contribution in [-0.4, -0.2) is 41.8 Å². The van der Waals surface area contributed by atoms with Gasteiger partial charge in [0, 0.05) is 31.1 Å². The SMILES string of the molecule is CCn1c(=O)c2c(C)c(CN3CCNS3(O)O)sc2n(CCC(F)(F)F)c1=O. The summed E-state index contributed by atoms with van der Waals surface area (Å²) in [5.74, 6) is 0. The highest BCUT2D eigenvalue weighted by molar-refractivity contribution is 8.20. The van der Waals surface area contributed by atoms with Crippen LogP contribution in [0.2, 0.25) is 0 Å². The normalized spacial score (nSPS) is 18.8. The summed E-state index contributed by atoms with van der Waals surface area (Å²) >= 11 is 1.04. The largest absolute Gasteiger partial charge is 0.390 e. The van der Waals surface area contributed by atoms with Crippen molar-refractivity contribution >= 4 is 32.5 Å². The zero-order chi connectivity index (χ0) is 20.9. The Kier molecular flexibility index (Phi) is 5.68. The molecule has 0 spiro atoms. The predicted molar refractivity (Wildman–Crippen MR) is 103 cm³/mol. The third kappa shape index (κ3) is 3.86. The molecule has 28 heavy (non-hydrogen) atoms. The van der Waals surface area contributed by atoms with Gasteiger partial charge in [-0.3, -0.25) is 23.0 Å². The van der Waals surface area contributed by atoms with Gasteiger partial charge >= 0.3 is 11.9 Å². The number of rotatable bonds is 5. The van der Waals surface area contributed by atoms with Crippen LogP contribution in [0.4, 0.5) is 13.2 Å². The van der Waals surface area contributed by atoms with E-state index in [-0.39, 0.29) is 23.3 Å². The van der Waals surface area contributed by atoms with E-state index in [0.717, 1.165) is 20.5 Å². The van der Waals surface area contributed by atoms with Crippen LogP contribution in [0, 0.1) is 6.92 Å². The van der Waals surface area contributed by atoms with Crippen molar-refractivity contribution in [2.75, 3.05) is 13.1 Å². The molecule has 2 aromatic rings. The van der Waals surface area contributed by atoms with Crippen molar-refractivity contribution in [2.24, 2.45) is 0 Å². The molecule has 0 saturated carbocycles. The lowest BCUT2D eigenvalue weighted by molar-refractivity contribution is -0.136. The maximum atomic E-state index is 12.7. The molecule has 158 valence electrons. The average Bonchev–Trinajstić information content (AvgIpc) is 3.07. The Morgan fingerprint density at radius 1 is 1.25 bits per heavy atom. The van der Waals surface area contributed by atoms with Crippen LogP contribution in [-0.2, 0) is 19.6 Å². The molecule has 1 aliphatic heterocycles. The van der Waals surface area contributed by atoms with E-state index in [4.69, 9.17) is 0 Å². The van der Waals surface area contributed by atoms with E-state index in [1.807, 2.05) is 0 Å². The predicted octanol–water partition coefficient (Wildman–Crippen LogP) is 2.49. The second-order valence-corrected chi connectivity index (χ2v) is 9.38. The van der Waals surface area contributed by atoms with Gasteiger partial charge in [-0.2, -0.15) is 17.5 Å². The summed E-state index contributed by atoms with van der Waals surface area (Å²) in [7, 11) is -3.12. The van der Waals surface area contributed by atoms with Gasteiger partial charge in [0.05, 0.1) is 18.4 Å². The molecule has 0 amide bonds. The molecule has 0 aromatic carbocycles. The number of nitrogens with one attached hydrogen (secondary N) is 1. The van der Waals surface area contributed by atoms with Gasteiger partial charge < -0.3 is 0 Å². The number of fused-ring (bicyclic) bond motifs is 1. The minimum Gasteiger partial charge on any atom is -0.284 e. The van der Waals surface area contributed by atoms with Gasteiger partial charge in [-0.15, -0.1) is 11.3 Å². The fraction of sp³-hybridized carbons (Fsp3) is 0.600. The van der Waals surface area contributed by atoms with Crippen LogP contribution < -0.4 is 16.0 Å². The van der Waals surface area contributed by atoms with Gasteiger partial charge in [-0.1, -0.05) is 11.0 Å². The molecule has 3 heterocycles. The smallest absolute Gasteiger partial charge is 0.284 e. The van der Waals surface area contributed by atoms with Crippen molar-refractivity contribution in [1.82, 2.24) is 18.2 Å². The molecule has 1 saturated heterocycles. The van der Waals surface area contributed by atoms with Crippen molar-refractivity contribution < 1.29 is 22.3 Å². The number of hydrogen-bond acceptors (Lipinski definition) is 7. The maximum Gasteiger partial charge on any atom is 0.390 e. The summed E-state index contributed by atoms with van der Waals surface area (Å²) in [6.07, 6.45) is -5.63. The molecule has 13 heteroatoms. The van der Waals surface area contributed by atoms with Gasteiger partial charge in [0.1, 0.15) is 4.83 Å². The Morgan fingerprint density at radius 3 is 2.46 bits per heavy atom. The van der Waals surface area contributed by atoms with Gasteiger partial charge in [-0.05, 0) is 19.4 Å². The monoisotopic (exact) mass is 442 g/mol. The Labute approximate surface area is 163 Å². The van der Waals surface area contributed by atoms with Crippen molar-refractivity contribution in [3.05, 3.63) is 31.3 Å². The zero-order valence-electron chi connectivity index (χ0n) is 15.2. The lowest BCUT2D eigenvalue weighted by Gasteiger charge is -2.35. The molecule has 0 radical (unpaired) electrons. The highest BCUT2D eigenvalue weighted by atomic mass is 32.3. The summed E-state index contributed by atoms with van der Waals surface area (Å²) < 4.78 is 64.1. The van der Waals surface area contributed by atoms with Gasteiger partial charge in [0.25, 0.3) is 5.56 Å². The summed E-state index contributed by atoms with van der Waals surface area (Å²) in [5, 5.41) is 0.201. The highest BCUT2D eigenvalue weighted by Crippen LogP contribution is 2.44. The van der Waals surface area contributed by atoms with Crippen molar-refractivity contribution in [2.45, 2.75) is 46.1 Å². The van der Waals surface area contributed by atoms with Crippen molar-refractivity contribution in [1.29, 1.82) is 0 Å². The van der Waals surface area contributed by atoms with E-state index in [0.29, 0.717) is 23.5 Å². The third-order valence-electron chi connectivity index (χ3n) is 4.67. The number of aryl methyl sites for hydroxylation is 2. The number of halogens is 3. The standard InChI is InChI=1S/C15H21F3N4O4S2/c1-3-21-12(23)11-9(2)10(8-20-7-5-19-28(20,25)26)27-13(11)22(14(21)24)6-4-15(16,17)18/h19,25-26H,3-8H2,1-2H3. The van der Waals surface area contributed by atoms with Crippen LogP contribution in [0.25, 0.3) is 10.2 Å². The Hall–Kier alpha value is -1.38. The summed E-state index contributed by atoms with van der Waals surface area (Å²) in [4.78, 5) is 26.1. The molecule has 0 unspecified atom stereocenters. The summed E-state index contributed by atoms with van der Waals surface area (Å²) in [6.45, 7) is 3.56. The highest BCUT2D eigenvalue weighted by Gasteiger charge is 2.31. The van der Waals surface area contributed by atoms with Crippen LogP contribution in [0.1, 0.15) is 23.8 Å². The molecular formula is C15H21F3N4O4S2. The second kappa shape index (κ2) is 7.46. The number of alkyl halides is 3. The minimum atomic E-state index is -4.44. The molecule has 3 N–H and O–H groups in total. The molecular weight excluding hydrogens is 421 g/mol. The van der Waals surface area contributed by atoms with Gasteiger partial charge in [0.15, 0.2) is 0 Å². The van der Waals surface area contributed by atoms with Crippen LogP contribution in [0.3, 0.4) is 0 Å². The van der Waals surface area contributed by atoms with E-state index >= 15 is 0 Å². The van der Waals surface area contributed by atoms with E-state index < -0.39 is 41.4 Å². The van der Waals surface area contributed by atoms with E-state index in [9.17, 15) is 31.9 Å². The van der Waals surface area contributed by atoms with Crippen LogP contribution >= 0.6 is 22.3 Å². The van der Waals surface area contributed by atoms with Gasteiger partial charge in [-0.25, -0.2) is 9.52 Å². The number of aromatic nitrogens is 2. The van der Waals surface area contributed by atoms with Crippen molar-refractivity contribution in [3.63, 3.8) is 0 Å². The zero-order valence-corrected chi connectivity index (χ0v) is 16.9. The lowest BCUT2D eigenvalue weighted by atomic mass is 10.2. The molecule has 0 atom stereocenters. The van der Waals surface area contributed by atoms with E-state index in [2.05, 4.69) is 4.72 Å². The summed E-state index contributed by atoms with van der Waals surface area (Å²) in [6, 6.07) is 0. The first kappa shape index (κ1) is 21.3. The molecule has 3 rings (SSSR count). The second-order valence-electron chi connectivity index (χ2n) is 6.46. The van der Waals surface area contributed by atoms with Crippen LogP contribution in [0.5, 0.6) is 0 Å². The lowest BCUT2D eigenvalue weighted by Crippen LogP contribution is -2.39. The third-order valence-corrected chi connectivity index (χ3v) is 7.59. The first-order chi connectivity index (χ1) is 13.0. The van der Waals surface area contributed by atoms with Crippen LogP contribution in [0.15, 0.2) is 9.59 Å². The number of thiophene rings is 1. The quantitative estimate of drug-likeness (QED) is 0.658.